The summed E-state index contributed by atoms with van der Waals surface area (Å²) in [6.07, 6.45) is 0. The number of carbonyl (C=O) groups is 1. The van der Waals surface area contributed by atoms with E-state index in [1.807, 2.05) is 85.3 Å². The van der Waals surface area contributed by atoms with Crippen molar-refractivity contribution in [1.29, 1.82) is 0 Å². The maximum atomic E-state index is 13.1. The Morgan fingerprint density at radius 3 is 2.12 bits per heavy atom. The second-order valence-corrected chi connectivity index (χ2v) is 6.12. The average Bonchev–Trinajstić information content (AvgIpc) is 3.15. The SMILES string of the molecule is CC1=NN(c2ccccc2)C(=O)[C@@H]1c1cc(C)nn1-c1ccccc1. The van der Waals surface area contributed by atoms with Gasteiger partial charge in [0.15, 0.2) is 0 Å². The smallest absolute Gasteiger partial charge is 0.262 e. The number of aryl methyl sites for hydroxylation is 1. The highest BCUT2D eigenvalue weighted by atomic mass is 16.2. The van der Waals surface area contributed by atoms with Gasteiger partial charge in [0.2, 0.25) is 0 Å². The molecule has 0 spiro atoms. The van der Waals surface area contributed by atoms with Crippen LogP contribution in [0.5, 0.6) is 0 Å². The second kappa shape index (κ2) is 6.02. The van der Waals surface area contributed by atoms with Crippen molar-refractivity contribution < 1.29 is 4.79 Å². The zero-order chi connectivity index (χ0) is 17.4. The van der Waals surface area contributed by atoms with Crippen LogP contribution in [0, 0.1) is 6.92 Å². The summed E-state index contributed by atoms with van der Waals surface area (Å²) < 4.78 is 1.84. The lowest BCUT2D eigenvalue weighted by molar-refractivity contribution is -0.118. The molecule has 124 valence electrons. The van der Waals surface area contributed by atoms with Gasteiger partial charge in [0.05, 0.1) is 28.5 Å². The van der Waals surface area contributed by atoms with Crippen LogP contribution in [-0.4, -0.2) is 21.4 Å². The Labute approximate surface area is 146 Å². The average molecular weight is 330 g/mol. The number of hydrogen-bond acceptors (Lipinski definition) is 3. The van der Waals surface area contributed by atoms with Crippen LogP contribution in [0.4, 0.5) is 5.69 Å². The summed E-state index contributed by atoms with van der Waals surface area (Å²) in [5.74, 6) is -0.484. The van der Waals surface area contributed by atoms with Crippen molar-refractivity contribution in [1.82, 2.24) is 9.78 Å². The fraction of sp³-hybridized carbons (Fsp3) is 0.150. The van der Waals surface area contributed by atoms with Crippen molar-refractivity contribution in [3.63, 3.8) is 0 Å². The van der Waals surface area contributed by atoms with Crippen molar-refractivity contribution >= 4 is 17.3 Å². The highest BCUT2D eigenvalue weighted by molar-refractivity contribution is 6.18. The normalized spacial score (nSPS) is 17.0. The lowest BCUT2D eigenvalue weighted by atomic mass is 9.99. The number of rotatable bonds is 3. The molecule has 0 radical (unpaired) electrons. The Morgan fingerprint density at radius 2 is 1.48 bits per heavy atom. The molecule has 2 aromatic carbocycles. The molecule has 1 aliphatic rings. The molecule has 0 bridgehead atoms. The molecule has 1 amide bonds. The van der Waals surface area contributed by atoms with Gasteiger partial charge in [-0.25, -0.2) is 4.68 Å². The highest BCUT2D eigenvalue weighted by Crippen LogP contribution is 2.31. The third-order valence-corrected chi connectivity index (χ3v) is 4.29. The van der Waals surface area contributed by atoms with Crippen LogP contribution >= 0.6 is 0 Å². The van der Waals surface area contributed by atoms with Crippen LogP contribution < -0.4 is 5.01 Å². The first kappa shape index (κ1) is 15.3. The summed E-state index contributed by atoms with van der Waals surface area (Å²) in [7, 11) is 0. The quantitative estimate of drug-likeness (QED) is 0.735. The third-order valence-electron chi connectivity index (χ3n) is 4.29. The fourth-order valence-corrected chi connectivity index (χ4v) is 3.16. The molecule has 5 nitrogen and oxygen atoms in total. The number of hydrazone groups is 1. The van der Waals surface area contributed by atoms with E-state index in [1.54, 1.807) is 0 Å². The van der Waals surface area contributed by atoms with Crippen molar-refractivity contribution in [2.45, 2.75) is 19.8 Å². The van der Waals surface area contributed by atoms with Gasteiger partial charge < -0.3 is 0 Å². The van der Waals surface area contributed by atoms with Crippen LogP contribution in [0.3, 0.4) is 0 Å². The molecule has 0 saturated heterocycles. The number of hydrogen-bond donors (Lipinski definition) is 0. The van der Waals surface area contributed by atoms with Gasteiger partial charge in [-0.2, -0.15) is 15.2 Å². The summed E-state index contributed by atoms with van der Waals surface area (Å²) in [6, 6.07) is 21.3. The molecule has 1 aliphatic heterocycles. The minimum Gasteiger partial charge on any atom is -0.271 e. The lowest BCUT2D eigenvalue weighted by Gasteiger charge is -2.15. The van der Waals surface area contributed by atoms with E-state index in [-0.39, 0.29) is 5.91 Å². The van der Waals surface area contributed by atoms with E-state index in [0.29, 0.717) is 0 Å². The molecular formula is C20H18N4O. The van der Waals surface area contributed by atoms with Crippen molar-refractivity contribution in [2.75, 3.05) is 5.01 Å². The van der Waals surface area contributed by atoms with Crippen LogP contribution in [0.25, 0.3) is 5.69 Å². The van der Waals surface area contributed by atoms with Gasteiger partial charge in [-0.15, -0.1) is 0 Å². The second-order valence-electron chi connectivity index (χ2n) is 6.12. The van der Waals surface area contributed by atoms with Gasteiger partial charge in [0.1, 0.15) is 5.92 Å². The predicted octanol–water partition coefficient (Wildman–Crippen LogP) is 3.69. The van der Waals surface area contributed by atoms with Gasteiger partial charge in [-0.3, -0.25) is 4.79 Å². The molecule has 1 atom stereocenters. The van der Waals surface area contributed by atoms with E-state index in [9.17, 15) is 4.79 Å². The summed E-state index contributed by atoms with van der Waals surface area (Å²) in [5.41, 5.74) is 4.19. The Hall–Kier alpha value is -3.21. The third kappa shape index (κ3) is 2.63. The van der Waals surface area contributed by atoms with E-state index in [4.69, 9.17) is 0 Å². The predicted molar refractivity (Wildman–Crippen MR) is 98.1 cm³/mol. The number of benzene rings is 2. The summed E-state index contributed by atoms with van der Waals surface area (Å²) in [4.78, 5) is 13.1. The molecule has 25 heavy (non-hydrogen) atoms. The van der Waals surface area contributed by atoms with Gasteiger partial charge in [-0.05, 0) is 44.2 Å². The largest absolute Gasteiger partial charge is 0.271 e. The van der Waals surface area contributed by atoms with Crippen molar-refractivity contribution in [3.05, 3.63) is 78.1 Å². The maximum Gasteiger partial charge on any atom is 0.262 e. The van der Waals surface area contributed by atoms with E-state index >= 15 is 0 Å². The first-order valence-corrected chi connectivity index (χ1v) is 8.21. The summed E-state index contributed by atoms with van der Waals surface area (Å²) >= 11 is 0. The monoisotopic (exact) mass is 330 g/mol. The molecule has 4 rings (SSSR count). The van der Waals surface area contributed by atoms with Crippen LogP contribution in [-0.2, 0) is 4.79 Å². The number of aromatic nitrogens is 2. The number of para-hydroxylation sites is 2. The molecule has 1 aromatic heterocycles. The molecule has 0 N–H and O–H groups in total. The summed E-state index contributed by atoms with van der Waals surface area (Å²) in [6.45, 7) is 3.83. The standard InChI is InChI=1S/C20H18N4O/c1-14-13-18(23(21-14)16-9-5-3-6-10-16)19-15(2)22-24(20(19)25)17-11-7-4-8-12-17/h3-13,19H,1-2H3/t19-/m0/s1. The number of amides is 1. The lowest BCUT2D eigenvalue weighted by Crippen LogP contribution is -2.27. The Bertz CT molecular complexity index is 944. The van der Waals surface area contributed by atoms with Gasteiger partial charge in [0.25, 0.3) is 5.91 Å². The molecule has 0 aliphatic carbocycles. The molecule has 2 heterocycles. The van der Waals surface area contributed by atoms with E-state index in [2.05, 4.69) is 10.2 Å². The molecular weight excluding hydrogens is 312 g/mol. The zero-order valence-electron chi connectivity index (χ0n) is 14.1. The Balaban J connectivity index is 1.77. The van der Waals surface area contributed by atoms with E-state index in [1.165, 1.54) is 5.01 Å². The van der Waals surface area contributed by atoms with Gasteiger partial charge >= 0.3 is 0 Å². The first-order valence-electron chi connectivity index (χ1n) is 8.21. The number of nitrogens with zero attached hydrogens (tertiary/aromatic N) is 4. The summed E-state index contributed by atoms with van der Waals surface area (Å²) in [5, 5.41) is 10.6. The molecule has 0 fully saturated rings. The first-order chi connectivity index (χ1) is 12.1. The maximum absolute atomic E-state index is 13.1. The van der Waals surface area contributed by atoms with Gasteiger partial charge in [0, 0.05) is 0 Å². The van der Waals surface area contributed by atoms with Crippen LogP contribution in [0.15, 0.2) is 71.8 Å². The zero-order valence-corrected chi connectivity index (χ0v) is 14.1. The Morgan fingerprint density at radius 1 is 0.880 bits per heavy atom. The number of anilines is 1. The van der Waals surface area contributed by atoms with E-state index < -0.39 is 5.92 Å². The molecule has 0 unspecified atom stereocenters. The fourth-order valence-electron chi connectivity index (χ4n) is 3.16. The van der Waals surface area contributed by atoms with Gasteiger partial charge in [-0.1, -0.05) is 36.4 Å². The topological polar surface area (TPSA) is 50.5 Å². The van der Waals surface area contributed by atoms with Crippen LogP contribution in [0.1, 0.15) is 24.2 Å². The van der Waals surface area contributed by atoms with Crippen molar-refractivity contribution in [2.24, 2.45) is 5.10 Å². The van der Waals surface area contributed by atoms with E-state index in [0.717, 1.165) is 28.5 Å². The molecule has 3 aromatic rings. The highest BCUT2D eigenvalue weighted by Gasteiger charge is 2.38. The molecule has 5 heteroatoms. The van der Waals surface area contributed by atoms with Crippen molar-refractivity contribution in [3.8, 4) is 5.69 Å². The number of carbonyl (C=O) groups excluding carboxylic acids is 1. The Kier molecular flexibility index (Phi) is 3.69. The minimum atomic E-state index is -0.429. The van der Waals surface area contributed by atoms with Crippen LogP contribution in [0.2, 0.25) is 0 Å². The molecule has 0 saturated carbocycles. The minimum absolute atomic E-state index is 0.0548.